The maximum Gasteiger partial charge on any atom is 0.127 e. The van der Waals surface area contributed by atoms with E-state index in [1.54, 1.807) is 6.07 Å². The van der Waals surface area contributed by atoms with E-state index in [0.717, 1.165) is 44.6 Å². The Hall–Kier alpha value is -1.45. The zero-order valence-corrected chi connectivity index (χ0v) is 13.0. The first-order valence-electron chi connectivity index (χ1n) is 7.64. The van der Waals surface area contributed by atoms with Gasteiger partial charge in [-0.15, -0.1) is 13.2 Å². The van der Waals surface area contributed by atoms with Gasteiger partial charge in [0.05, 0.1) is 0 Å². The third-order valence-corrected chi connectivity index (χ3v) is 3.43. The minimum atomic E-state index is -0.134. The number of nitrogens with one attached hydrogen (secondary N) is 1. The van der Waals surface area contributed by atoms with Gasteiger partial charge in [-0.1, -0.05) is 37.3 Å². The van der Waals surface area contributed by atoms with Crippen LogP contribution in [0.4, 0.5) is 4.39 Å². The maximum atomic E-state index is 14.0. The van der Waals surface area contributed by atoms with Crippen molar-refractivity contribution in [1.82, 2.24) is 10.2 Å². The molecule has 21 heavy (non-hydrogen) atoms. The Morgan fingerprint density at radius 3 is 2.48 bits per heavy atom. The van der Waals surface area contributed by atoms with E-state index < -0.39 is 0 Å². The van der Waals surface area contributed by atoms with Gasteiger partial charge >= 0.3 is 0 Å². The molecule has 1 unspecified atom stereocenters. The maximum absolute atomic E-state index is 14.0. The summed E-state index contributed by atoms with van der Waals surface area (Å²) in [6, 6.07) is 7.07. The highest BCUT2D eigenvalue weighted by atomic mass is 19.1. The molecule has 0 aliphatic rings. The van der Waals surface area contributed by atoms with Crippen LogP contribution < -0.4 is 5.32 Å². The Balaban J connectivity index is 2.71. The van der Waals surface area contributed by atoms with Crippen molar-refractivity contribution in [2.45, 2.75) is 25.8 Å². The highest BCUT2D eigenvalue weighted by Crippen LogP contribution is 2.20. The van der Waals surface area contributed by atoms with E-state index in [0.29, 0.717) is 0 Å². The zero-order valence-electron chi connectivity index (χ0n) is 13.0. The van der Waals surface area contributed by atoms with Crippen LogP contribution >= 0.6 is 0 Å². The van der Waals surface area contributed by atoms with Crippen LogP contribution in [-0.4, -0.2) is 31.1 Å². The fourth-order valence-corrected chi connectivity index (χ4v) is 2.38. The van der Waals surface area contributed by atoms with Gasteiger partial charge in [-0.2, -0.15) is 0 Å². The van der Waals surface area contributed by atoms with Gasteiger partial charge < -0.3 is 5.32 Å². The Morgan fingerprint density at radius 2 is 1.90 bits per heavy atom. The van der Waals surface area contributed by atoms with Crippen molar-refractivity contribution in [2.24, 2.45) is 0 Å². The molecule has 1 N–H and O–H groups in total. The highest BCUT2D eigenvalue weighted by molar-refractivity contribution is 5.21. The average molecular weight is 290 g/mol. The summed E-state index contributed by atoms with van der Waals surface area (Å²) in [6.45, 7) is 13.1. The number of hydrogen-bond acceptors (Lipinski definition) is 2. The van der Waals surface area contributed by atoms with Crippen molar-refractivity contribution >= 4 is 0 Å². The molecule has 1 atom stereocenters. The number of hydrogen-bond donors (Lipinski definition) is 1. The summed E-state index contributed by atoms with van der Waals surface area (Å²) in [5, 5.41) is 3.45. The van der Waals surface area contributed by atoms with E-state index in [-0.39, 0.29) is 11.9 Å². The molecule has 0 amide bonds. The second kappa shape index (κ2) is 10.3. The molecule has 3 heteroatoms. The Labute approximate surface area is 128 Å². The van der Waals surface area contributed by atoms with Crippen molar-refractivity contribution in [3.05, 3.63) is 61.0 Å². The Bertz CT molecular complexity index is 421. The predicted molar refractivity (Wildman–Crippen MR) is 88.9 cm³/mol. The molecule has 0 spiro atoms. The molecule has 0 fully saturated rings. The van der Waals surface area contributed by atoms with Crippen LogP contribution in [0.1, 0.15) is 31.4 Å². The molecule has 2 nitrogen and oxygen atoms in total. The van der Waals surface area contributed by atoms with E-state index in [2.05, 4.69) is 30.3 Å². The van der Waals surface area contributed by atoms with E-state index in [1.165, 1.54) is 6.07 Å². The largest absolute Gasteiger partial charge is 0.310 e. The van der Waals surface area contributed by atoms with Crippen LogP contribution in [0.15, 0.2) is 49.6 Å². The molecular weight excluding hydrogens is 263 g/mol. The molecule has 1 rings (SSSR count). The quantitative estimate of drug-likeness (QED) is 0.621. The molecule has 0 saturated heterocycles. The molecular formula is C18H27FN2. The zero-order chi connectivity index (χ0) is 15.5. The molecule has 116 valence electrons. The second-order valence-corrected chi connectivity index (χ2v) is 5.15. The van der Waals surface area contributed by atoms with E-state index >= 15 is 0 Å². The molecule has 0 heterocycles. The SMILES string of the molecule is C=CCN(CC=C)CCC(NCCC)c1ccccc1F. The molecule has 1 aromatic rings. The number of rotatable bonds is 11. The highest BCUT2D eigenvalue weighted by Gasteiger charge is 2.15. The Morgan fingerprint density at radius 1 is 1.24 bits per heavy atom. The van der Waals surface area contributed by atoms with Crippen LogP contribution in [0.25, 0.3) is 0 Å². The molecule has 0 radical (unpaired) electrons. The van der Waals surface area contributed by atoms with E-state index in [1.807, 2.05) is 24.3 Å². The lowest BCUT2D eigenvalue weighted by atomic mass is 10.0. The number of benzene rings is 1. The van der Waals surface area contributed by atoms with E-state index in [9.17, 15) is 4.39 Å². The minimum Gasteiger partial charge on any atom is -0.310 e. The van der Waals surface area contributed by atoms with Gasteiger partial charge in [-0.3, -0.25) is 4.90 Å². The lowest BCUT2D eigenvalue weighted by molar-refractivity contribution is 0.305. The van der Waals surface area contributed by atoms with Crippen molar-refractivity contribution in [1.29, 1.82) is 0 Å². The van der Waals surface area contributed by atoms with Gasteiger partial charge in [0.1, 0.15) is 5.82 Å². The van der Waals surface area contributed by atoms with Gasteiger partial charge in [0.2, 0.25) is 0 Å². The van der Waals surface area contributed by atoms with Gasteiger partial charge in [0.15, 0.2) is 0 Å². The molecule has 0 aromatic heterocycles. The summed E-state index contributed by atoms with van der Waals surface area (Å²) in [5.41, 5.74) is 0.753. The van der Waals surface area contributed by atoms with Crippen molar-refractivity contribution in [3.63, 3.8) is 0 Å². The van der Waals surface area contributed by atoms with E-state index in [4.69, 9.17) is 0 Å². The summed E-state index contributed by atoms with van der Waals surface area (Å²) in [4.78, 5) is 2.25. The summed E-state index contributed by atoms with van der Waals surface area (Å²) >= 11 is 0. The topological polar surface area (TPSA) is 15.3 Å². The second-order valence-electron chi connectivity index (χ2n) is 5.15. The van der Waals surface area contributed by atoms with Gasteiger partial charge in [-0.25, -0.2) is 4.39 Å². The summed E-state index contributed by atoms with van der Waals surface area (Å²) < 4.78 is 14.0. The first kappa shape index (κ1) is 17.6. The Kier molecular flexibility index (Phi) is 8.63. The summed E-state index contributed by atoms with van der Waals surface area (Å²) in [7, 11) is 0. The molecule has 0 aliphatic carbocycles. The molecule has 1 aromatic carbocycles. The molecule has 0 aliphatic heterocycles. The lowest BCUT2D eigenvalue weighted by Gasteiger charge is -2.24. The number of nitrogens with zero attached hydrogens (tertiary/aromatic N) is 1. The van der Waals surface area contributed by atoms with Crippen molar-refractivity contribution in [3.8, 4) is 0 Å². The first-order valence-corrected chi connectivity index (χ1v) is 7.64. The summed E-state index contributed by atoms with van der Waals surface area (Å²) in [6.07, 6.45) is 5.68. The lowest BCUT2D eigenvalue weighted by Crippen LogP contribution is -2.30. The van der Waals surface area contributed by atoms with Gasteiger partial charge in [0.25, 0.3) is 0 Å². The first-order chi connectivity index (χ1) is 10.2. The molecule has 0 saturated carbocycles. The monoisotopic (exact) mass is 290 g/mol. The van der Waals surface area contributed by atoms with Crippen LogP contribution in [0.2, 0.25) is 0 Å². The fraction of sp³-hybridized carbons (Fsp3) is 0.444. The van der Waals surface area contributed by atoms with Crippen molar-refractivity contribution in [2.75, 3.05) is 26.2 Å². The molecule has 0 bridgehead atoms. The van der Waals surface area contributed by atoms with Gasteiger partial charge in [0, 0.05) is 31.2 Å². The minimum absolute atomic E-state index is 0.0447. The van der Waals surface area contributed by atoms with Crippen LogP contribution in [-0.2, 0) is 0 Å². The van der Waals surface area contributed by atoms with Gasteiger partial charge in [-0.05, 0) is 25.5 Å². The smallest absolute Gasteiger partial charge is 0.127 e. The third kappa shape index (κ3) is 6.23. The predicted octanol–water partition coefficient (Wildman–Crippen LogP) is 3.93. The standard InChI is InChI=1S/C18H27FN2/c1-4-12-20-18(16-9-7-8-10-17(16)19)11-15-21(13-5-2)14-6-3/h5-10,18,20H,2-4,11-15H2,1H3. The summed E-state index contributed by atoms with van der Waals surface area (Å²) in [5.74, 6) is -0.134. The third-order valence-electron chi connectivity index (χ3n) is 3.43. The fourth-order valence-electron chi connectivity index (χ4n) is 2.38. The number of halogens is 1. The average Bonchev–Trinajstić information content (AvgIpc) is 2.49. The van der Waals surface area contributed by atoms with Crippen LogP contribution in [0.3, 0.4) is 0 Å². The van der Waals surface area contributed by atoms with Crippen molar-refractivity contribution < 1.29 is 4.39 Å². The normalized spacial score (nSPS) is 12.3. The van der Waals surface area contributed by atoms with Crippen LogP contribution in [0.5, 0.6) is 0 Å². The van der Waals surface area contributed by atoms with Crippen LogP contribution in [0, 0.1) is 5.82 Å².